The van der Waals surface area contributed by atoms with Crippen LogP contribution in [0.4, 0.5) is 0 Å². The van der Waals surface area contributed by atoms with Crippen molar-refractivity contribution in [3.63, 3.8) is 0 Å². The van der Waals surface area contributed by atoms with Crippen LogP contribution in [0.25, 0.3) is 6.08 Å². The van der Waals surface area contributed by atoms with Gasteiger partial charge in [-0.05, 0) is 24.5 Å². The van der Waals surface area contributed by atoms with E-state index in [1.54, 1.807) is 0 Å². The van der Waals surface area contributed by atoms with Crippen molar-refractivity contribution in [2.45, 2.75) is 25.4 Å². The Morgan fingerprint density at radius 2 is 1.71 bits per heavy atom. The first kappa shape index (κ1) is 16.3. The molecule has 1 aliphatic heterocycles. The van der Waals surface area contributed by atoms with Gasteiger partial charge >= 0.3 is 0 Å². The fourth-order valence-electron chi connectivity index (χ4n) is 3.36. The minimum absolute atomic E-state index is 0.00799. The Bertz CT molecular complexity index is 720. The smallest absolute Gasteiger partial charge is 0.229 e. The van der Waals surface area contributed by atoms with Gasteiger partial charge in [0.05, 0.1) is 18.0 Å². The van der Waals surface area contributed by atoms with Crippen molar-refractivity contribution in [3.05, 3.63) is 90.5 Å². The lowest BCUT2D eigenvalue weighted by molar-refractivity contribution is -0.156. The van der Waals surface area contributed by atoms with Gasteiger partial charge in [-0.2, -0.15) is 0 Å². The Hall–Kier alpha value is -2.61. The van der Waals surface area contributed by atoms with Gasteiger partial charge < -0.3 is 4.90 Å². The molecular formula is C22H23NO. The topological polar surface area (TPSA) is 20.3 Å². The monoisotopic (exact) mass is 317 g/mol. The average molecular weight is 317 g/mol. The van der Waals surface area contributed by atoms with E-state index in [0.717, 1.165) is 12.0 Å². The van der Waals surface area contributed by atoms with Crippen LogP contribution in [0.2, 0.25) is 0 Å². The Kier molecular flexibility index (Phi) is 4.95. The molecule has 24 heavy (non-hydrogen) atoms. The molecule has 1 saturated heterocycles. The van der Waals surface area contributed by atoms with E-state index in [9.17, 15) is 4.79 Å². The second-order valence-corrected chi connectivity index (χ2v) is 6.22. The maximum atomic E-state index is 12.6. The van der Waals surface area contributed by atoms with Crippen molar-refractivity contribution in [3.8, 4) is 0 Å². The van der Waals surface area contributed by atoms with Gasteiger partial charge in [0.25, 0.3) is 0 Å². The van der Waals surface area contributed by atoms with E-state index in [4.69, 9.17) is 0 Å². The summed E-state index contributed by atoms with van der Waals surface area (Å²) in [6, 6.07) is 20.6. The van der Waals surface area contributed by atoms with Crippen LogP contribution in [0.3, 0.4) is 0 Å². The van der Waals surface area contributed by atoms with E-state index in [-0.39, 0.29) is 23.9 Å². The van der Waals surface area contributed by atoms with Crippen molar-refractivity contribution < 1.29 is 4.79 Å². The van der Waals surface area contributed by atoms with Crippen molar-refractivity contribution in [1.82, 2.24) is 4.90 Å². The number of amides is 1. The van der Waals surface area contributed by atoms with Gasteiger partial charge in [0.1, 0.15) is 0 Å². The number of likely N-dealkylation sites (tertiary alicyclic amines) is 1. The number of hydrogen-bond donors (Lipinski definition) is 0. The molecule has 1 fully saturated rings. The third kappa shape index (κ3) is 3.18. The molecule has 2 nitrogen and oxygen atoms in total. The van der Waals surface area contributed by atoms with Gasteiger partial charge in [0.2, 0.25) is 5.91 Å². The summed E-state index contributed by atoms with van der Waals surface area (Å²) < 4.78 is 0. The largest absolute Gasteiger partial charge is 0.328 e. The van der Waals surface area contributed by atoms with Gasteiger partial charge in [-0.25, -0.2) is 0 Å². The number of carbonyl (C=O) groups is 1. The first-order valence-electron chi connectivity index (χ1n) is 8.43. The van der Waals surface area contributed by atoms with Crippen LogP contribution >= 0.6 is 0 Å². The van der Waals surface area contributed by atoms with Crippen molar-refractivity contribution >= 4 is 12.0 Å². The molecule has 0 unspecified atom stereocenters. The number of rotatable bonds is 6. The zero-order chi connectivity index (χ0) is 16.9. The van der Waals surface area contributed by atoms with Gasteiger partial charge in [-0.15, -0.1) is 6.58 Å². The average Bonchev–Trinajstić information content (AvgIpc) is 2.64. The Morgan fingerprint density at radius 1 is 1.08 bits per heavy atom. The fraction of sp³-hybridized carbons (Fsp3) is 0.227. The van der Waals surface area contributed by atoms with E-state index in [0.29, 0.717) is 0 Å². The van der Waals surface area contributed by atoms with Crippen LogP contribution in [0.5, 0.6) is 0 Å². The lowest BCUT2D eigenvalue weighted by Gasteiger charge is -2.49. The summed E-state index contributed by atoms with van der Waals surface area (Å²) in [5.41, 5.74) is 2.32. The van der Waals surface area contributed by atoms with Crippen molar-refractivity contribution in [2.75, 3.05) is 0 Å². The zero-order valence-corrected chi connectivity index (χ0v) is 14.0. The minimum atomic E-state index is 0.00799. The number of allylic oxidation sites excluding steroid dienone is 1. The molecule has 0 N–H and O–H groups in total. The Labute approximate surface area is 144 Å². The van der Waals surface area contributed by atoms with Gasteiger partial charge in [0.15, 0.2) is 0 Å². The third-order valence-corrected chi connectivity index (χ3v) is 4.71. The third-order valence-electron chi connectivity index (χ3n) is 4.71. The molecule has 1 amide bonds. The lowest BCUT2D eigenvalue weighted by atomic mass is 9.81. The van der Waals surface area contributed by atoms with Crippen LogP contribution in [-0.2, 0) is 4.79 Å². The van der Waals surface area contributed by atoms with Crippen LogP contribution < -0.4 is 0 Å². The van der Waals surface area contributed by atoms with Crippen LogP contribution in [-0.4, -0.2) is 16.8 Å². The van der Waals surface area contributed by atoms with Gasteiger partial charge in [-0.1, -0.05) is 78.9 Å². The molecule has 0 aliphatic carbocycles. The summed E-state index contributed by atoms with van der Waals surface area (Å²) in [7, 11) is 0. The van der Waals surface area contributed by atoms with Crippen LogP contribution in [0, 0.1) is 5.92 Å². The second-order valence-electron chi connectivity index (χ2n) is 6.22. The molecule has 1 heterocycles. The number of nitrogens with zero attached hydrogens (tertiary/aromatic N) is 1. The molecule has 0 saturated carbocycles. The Balaban J connectivity index is 1.83. The number of β-lactam (4-membered cyclic amide) rings is 1. The quantitative estimate of drug-likeness (QED) is 0.550. The molecule has 0 radical (unpaired) electrons. The van der Waals surface area contributed by atoms with E-state index in [2.05, 4.69) is 49.9 Å². The van der Waals surface area contributed by atoms with E-state index < -0.39 is 0 Å². The molecule has 122 valence electrons. The molecule has 0 bridgehead atoms. The predicted molar refractivity (Wildman–Crippen MR) is 99.3 cm³/mol. The van der Waals surface area contributed by atoms with E-state index in [1.807, 2.05) is 47.4 Å². The summed E-state index contributed by atoms with van der Waals surface area (Å²) in [6.45, 7) is 5.90. The highest BCUT2D eigenvalue weighted by Crippen LogP contribution is 2.38. The molecule has 1 aliphatic rings. The van der Waals surface area contributed by atoms with E-state index in [1.165, 1.54) is 5.56 Å². The molecule has 3 atom stereocenters. The number of carbonyl (C=O) groups excluding carboxylic acids is 1. The molecule has 3 rings (SSSR count). The number of benzene rings is 2. The standard InChI is InChI=1S/C22H23NO/c1-3-10-20-21(16-15-18-11-6-4-7-12-18)23(22(20)24)17(2)19-13-8-5-9-14-19/h3-9,11-17,20-21H,1,10H2,2H3/b16-15+/t17-,20+,21+/m1/s1. The second kappa shape index (κ2) is 7.31. The first-order valence-corrected chi connectivity index (χ1v) is 8.43. The summed E-state index contributed by atoms with van der Waals surface area (Å²) in [5.74, 6) is 0.225. The molecule has 2 aromatic rings. The first-order chi connectivity index (χ1) is 11.7. The maximum absolute atomic E-state index is 12.6. The Morgan fingerprint density at radius 3 is 2.33 bits per heavy atom. The fourth-order valence-corrected chi connectivity index (χ4v) is 3.36. The van der Waals surface area contributed by atoms with E-state index >= 15 is 0 Å². The molecular weight excluding hydrogens is 294 g/mol. The highest BCUT2D eigenvalue weighted by atomic mass is 16.2. The molecule has 0 spiro atoms. The van der Waals surface area contributed by atoms with Gasteiger partial charge in [0, 0.05) is 0 Å². The SMILES string of the molecule is C=CC[C@@H]1C(=O)N([C@H](C)c2ccccc2)[C@H]1/C=C/c1ccccc1. The van der Waals surface area contributed by atoms with Crippen LogP contribution in [0.1, 0.15) is 30.5 Å². The van der Waals surface area contributed by atoms with Crippen molar-refractivity contribution in [1.29, 1.82) is 0 Å². The maximum Gasteiger partial charge on any atom is 0.229 e. The van der Waals surface area contributed by atoms with Crippen LogP contribution in [0.15, 0.2) is 79.4 Å². The summed E-state index contributed by atoms with van der Waals surface area (Å²) in [4.78, 5) is 14.6. The summed E-state index contributed by atoms with van der Waals surface area (Å²) in [5, 5.41) is 0. The minimum Gasteiger partial charge on any atom is -0.328 e. The predicted octanol–water partition coefficient (Wildman–Crippen LogP) is 4.86. The highest BCUT2D eigenvalue weighted by molar-refractivity contribution is 5.88. The molecule has 2 aromatic carbocycles. The van der Waals surface area contributed by atoms with Crippen molar-refractivity contribution in [2.24, 2.45) is 5.92 Å². The normalized spacial score (nSPS) is 21.5. The number of hydrogen-bond acceptors (Lipinski definition) is 1. The molecule has 0 aromatic heterocycles. The highest BCUT2D eigenvalue weighted by Gasteiger charge is 2.47. The zero-order valence-electron chi connectivity index (χ0n) is 14.0. The van der Waals surface area contributed by atoms with Gasteiger partial charge in [-0.3, -0.25) is 4.79 Å². The summed E-state index contributed by atoms with van der Waals surface area (Å²) >= 11 is 0. The molecule has 2 heteroatoms. The summed E-state index contributed by atoms with van der Waals surface area (Å²) in [6.07, 6.45) is 6.83. The lowest BCUT2D eigenvalue weighted by Crippen LogP contribution is -2.60.